The van der Waals surface area contributed by atoms with E-state index in [1.807, 2.05) is 0 Å². The number of azo groups is 1. The molecule has 0 aromatic heterocycles. The summed E-state index contributed by atoms with van der Waals surface area (Å²) in [6, 6.07) is 8.88. The van der Waals surface area contributed by atoms with Gasteiger partial charge in [-0.05, 0) is 24.3 Å². The minimum absolute atomic E-state index is 0. The van der Waals surface area contributed by atoms with Crippen LogP contribution in [0.3, 0.4) is 0 Å². The molecule has 0 bridgehead atoms. The molecule has 12 nitrogen and oxygen atoms in total. The molecule has 3 aromatic carbocycles. The molecule has 164 valence electrons. The third-order valence-electron chi connectivity index (χ3n) is 3.96. The molecule has 34 heavy (non-hydrogen) atoms. The minimum atomic E-state index is -5.65. The Hall–Kier alpha value is 0.0500. The maximum absolute atomic E-state index is 11.7. The summed E-state index contributed by atoms with van der Waals surface area (Å²) >= 11 is 0. The van der Waals surface area contributed by atoms with Crippen LogP contribution in [0.5, 0.6) is 5.75 Å². The Kier molecular flexibility index (Phi) is 12.5. The van der Waals surface area contributed by atoms with E-state index in [0.29, 0.717) is 0 Å². The summed E-state index contributed by atoms with van der Waals surface area (Å²) in [5.74, 6) is -1.40. The average molecular weight is 554 g/mol. The summed E-state index contributed by atoms with van der Waals surface area (Å²) in [6.07, 6.45) is 0. The Balaban J connectivity index is 0.00000363. The van der Waals surface area contributed by atoms with Crippen LogP contribution in [0, 0.1) is 0 Å². The van der Waals surface area contributed by atoms with E-state index in [1.165, 1.54) is 18.2 Å². The molecule has 3 aromatic rings. The standard InChI is InChI=1S/C16H12N2O10S3.3Na/c19-14-13(18-17-9-5-7-10(8-6-9)29(20,21)22)11-3-1-2-4-12(11)15(30(23,24)25)16(14)31(26,27)28;;;/h1-8,19H,(H,20,21,22)(H,23,24,25)(H,26,27,28);;;/q;3*+1/p-3. The number of rotatable bonds is 5. The zero-order valence-electron chi connectivity index (χ0n) is 17.9. The van der Waals surface area contributed by atoms with E-state index >= 15 is 0 Å². The second-order valence-electron chi connectivity index (χ2n) is 5.96. The maximum Gasteiger partial charge on any atom is 1.00 e. The second kappa shape index (κ2) is 12.5. The molecule has 18 heteroatoms. The number of hydrogen-bond acceptors (Lipinski definition) is 12. The smallest absolute Gasteiger partial charge is 0.744 e. The summed E-state index contributed by atoms with van der Waals surface area (Å²) < 4.78 is 103. The van der Waals surface area contributed by atoms with Gasteiger partial charge in [-0.1, -0.05) is 24.3 Å². The Labute approximate surface area is 261 Å². The van der Waals surface area contributed by atoms with Crippen molar-refractivity contribution in [2.45, 2.75) is 14.7 Å². The van der Waals surface area contributed by atoms with Crippen LogP contribution in [-0.4, -0.2) is 44.0 Å². The molecular formula is C16H9N2Na3O10S3. The van der Waals surface area contributed by atoms with Crippen LogP contribution >= 0.6 is 0 Å². The normalized spacial score (nSPS) is 12.0. The van der Waals surface area contributed by atoms with Crippen molar-refractivity contribution >= 4 is 52.5 Å². The zero-order chi connectivity index (χ0) is 23.2. The number of nitrogens with zero attached hydrogens (tertiary/aromatic N) is 2. The Morgan fingerprint density at radius 1 is 0.618 bits per heavy atom. The number of fused-ring (bicyclic) bond motifs is 1. The molecule has 0 fully saturated rings. The van der Waals surface area contributed by atoms with E-state index in [4.69, 9.17) is 0 Å². The summed E-state index contributed by atoms with van der Waals surface area (Å²) in [5, 5.41) is 17.0. The van der Waals surface area contributed by atoms with Crippen LogP contribution in [-0.2, 0) is 30.4 Å². The number of phenols is 1. The fraction of sp³-hybridized carbons (Fsp3) is 0. The van der Waals surface area contributed by atoms with E-state index in [-0.39, 0.29) is 99.7 Å². The molecule has 0 atom stereocenters. The molecule has 0 unspecified atom stereocenters. The van der Waals surface area contributed by atoms with Gasteiger partial charge in [-0.3, -0.25) is 0 Å². The van der Waals surface area contributed by atoms with Crippen LogP contribution in [0.4, 0.5) is 11.4 Å². The van der Waals surface area contributed by atoms with Gasteiger partial charge >= 0.3 is 88.7 Å². The van der Waals surface area contributed by atoms with Crippen molar-refractivity contribution in [2.75, 3.05) is 0 Å². The largest absolute Gasteiger partial charge is 1.00 e. The SMILES string of the molecule is O=S(=O)([O-])c1ccc(N=Nc2c(O)c(S(=O)(=O)[O-])c(S(=O)(=O)[O-])c3ccccc23)cc1.[Na+].[Na+].[Na+]. The van der Waals surface area contributed by atoms with E-state index < -0.39 is 61.9 Å². The van der Waals surface area contributed by atoms with Crippen molar-refractivity contribution in [1.29, 1.82) is 0 Å². The first-order valence-corrected chi connectivity index (χ1v) is 12.1. The van der Waals surface area contributed by atoms with Gasteiger partial charge in [-0.2, -0.15) is 5.11 Å². The summed E-state index contributed by atoms with van der Waals surface area (Å²) in [4.78, 5) is -3.63. The predicted molar refractivity (Wildman–Crippen MR) is 100 cm³/mol. The monoisotopic (exact) mass is 554 g/mol. The quantitative estimate of drug-likeness (QED) is 0.178. The minimum Gasteiger partial charge on any atom is -0.744 e. The fourth-order valence-corrected chi connectivity index (χ4v) is 5.24. The van der Waals surface area contributed by atoms with Gasteiger partial charge in [-0.25, -0.2) is 25.3 Å². The Morgan fingerprint density at radius 2 is 1.09 bits per heavy atom. The van der Waals surface area contributed by atoms with Crippen LogP contribution < -0.4 is 88.7 Å². The topological polar surface area (TPSA) is 217 Å². The molecule has 0 spiro atoms. The van der Waals surface area contributed by atoms with Crippen molar-refractivity contribution in [3.8, 4) is 5.75 Å². The van der Waals surface area contributed by atoms with Crippen LogP contribution in [0.2, 0.25) is 0 Å². The van der Waals surface area contributed by atoms with Gasteiger partial charge in [-0.15, -0.1) is 5.11 Å². The molecular weight excluding hydrogens is 545 g/mol. The van der Waals surface area contributed by atoms with Crippen molar-refractivity contribution in [1.82, 2.24) is 0 Å². The van der Waals surface area contributed by atoms with Crippen molar-refractivity contribution < 1.29 is 133 Å². The first kappa shape index (κ1) is 34.1. The van der Waals surface area contributed by atoms with Crippen LogP contribution in [0.25, 0.3) is 10.8 Å². The molecule has 0 heterocycles. The molecule has 0 amide bonds. The van der Waals surface area contributed by atoms with Gasteiger partial charge in [0.25, 0.3) is 0 Å². The van der Waals surface area contributed by atoms with Crippen LogP contribution in [0.1, 0.15) is 0 Å². The molecule has 0 aliphatic rings. The van der Waals surface area contributed by atoms with E-state index in [0.717, 1.165) is 30.3 Å². The summed E-state index contributed by atoms with van der Waals surface area (Å²) in [7, 11) is -15.9. The van der Waals surface area contributed by atoms with Gasteiger partial charge in [0.15, 0.2) is 5.75 Å². The number of hydrogen-bond donors (Lipinski definition) is 1. The first-order chi connectivity index (χ1) is 14.2. The first-order valence-electron chi connectivity index (χ1n) is 7.88. The zero-order valence-corrected chi connectivity index (χ0v) is 26.3. The molecule has 0 radical (unpaired) electrons. The van der Waals surface area contributed by atoms with Gasteiger partial charge in [0.05, 0.1) is 15.5 Å². The van der Waals surface area contributed by atoms with E-state index in [1.54, 1.807) is 0 Å². The number of benzene rings is 3. The van der Waals surface area contributed by atoms with E-state index in [2.05, 4.69) is 10.2 Å². The number of aromatic hydroxyl groups is 1. The van der Waals surface area contributed by atoms with Crippen molar-refractivity contribution in [3.63, 3.8) is 0 Å². The Morgan fingerprint density at radius 3 is 1.53 bits per heavy atom. The average Bonchev–Trinajstić information content (AvgIpc) is 2.64. The summed E-state index contributed by atoms with van der Waals surface area (Å²) in [5.41, 5.74) is -0.666. The second-order valence-corrected chi connectivity index (χ2v) is 9.97. The molecule has 0 aliphatic carbocycles. The number of phenolic OH excluding ortho intramolecular Hbond substituents is 1. The third kappa shape index (κ3) is 7.53. The van der Waals surface area contributed by atoms with Gasteiger partial charge in [0, 0.05) is 10.8 Å². The van der Waals surface area contributed by atoms with Crippen molar-refractivity contribution in [3.05, 3.63) is 48.5 Å². The van der Waals surface area contributed by atoms with Gasteiger partial charge < -0.3 is 18.8 Å². The van der Waals surface area contributed by atoms with Gasteiger partial charge in [0.2, 0.25) is 0 Å². The van der Waals surface area contributed by atoms with Crippen molar-refractivity contribution in [2.24, 2.45) is 10.2 Å². The molecule has 1 N–H and O–H groups in total. The maximum atomic E-state index is 11.7. The Bertz CT molecular complexity index is 1560. The fourth-order valence-electron chi connectivity index (χ4n) is 2.72. The predicted octanol–water partition coefficient (Wildman–Crippen LogP) is -7.31. The molecule has 0 saturated heterocycles. The molecule has 3 rings (SSSR count). The molecule has 0 aliphatic heterocycles. The third-order valence-corrected chi connectivity index (χ3v) is 6.76. The summed E-state index contributed by atoms with van der Waals surface area (Å²) in [6.45, 7) is 0. The van der Waals surface area contributed by atoms with E-state index in [9.17, 15) is 44.0 Å². The van der Waals surface area contributed by atoms with Gasteiger partial charge in [0.1, 0.15) is 40.9 Å². The van der Waals surface area contributed by atoms with Crippen LogP contribution in [0.15, 0.2) is 73.4 Å². The molecule has 0 saturated carbocycles.